The molecule has 0 spiro atoms. The molecule has 0 aliphatic carbocycles. The third kappa shape index (κ3) is 3.70. The quantitative estimate of drug-likeness (QED) is 0.612. The van der Waals surface area contributed by atoms with Crippen molar-refractivity contribution < 1.29 is 14.4 Å². The van der Waals surface area contributed by atoms with E-state index < -0.39 is 11.9 Å². The Bertz CT molecular complexity index is 599. The Morgan fingerprint density at radius 1 is 1.13 bits per heavy atom. The molecule has 0 bridgehead atoms. The van der Waals surface area contributed by atoms with E-state index in [0.717, 1.165) is 5.56 Å². The summed E-state index contributed by atoms with van der Waals surface area (Å²) in [6.45, 7) is 8.33. The number of imide groups is 1. The highest BCUT2D eigenvalue weighted by Gasteiger charge is 2.39. The molecule has 1 unspecified atom stereocenters. The molecule has 1 aromatic carbocycles. The molecule has 6 heteroatoms. The van der Waals surface area contributed by atoms with Crippen molar-refractivity contribution in [1.29, 1.82) is 0 Å². The molecule has 2 aliphatic rings. The Balaban J connectivity index is 0.000000615. The van der Waals surface area contributed by atoms with Crippen LogP contribution in [-0.4, -0.2) is 28.7 Å². The second-order valence-corrected chi connectivity index (χ2v) is 4.77. The van der Waals surface area contributed by atoms with Gasteiger partial charge < -0.3 is 10.6 Å². The molecule has 1 atom stereocenters. The van der Waals surface area contributed by atoms with E-state index in [1.165, 1.54) is 4.90 Å². The van der Waals surface area contributed by atoms with Crippen molar-refractivity contribution in [3.63, 3.8) is 0 Å². The fourth-order valence-electron chi connectivity index (χ4n) is 2.61. The first-order valence-corrected chi connectivity index (χ1v) is 8.10. The van der Waals surface area contributed by atoms with Crippen LogP contribution in [0.15, 0.2) is 18.2 Å². The molecule has 2 heterocycles. The number of benzene rings is 1. The maximum Gasteiger partial charge on any atom is 0.255 e. The Morgan fingerprint density at radius 3 is 2.35 bits per heavy atom. The largest absolute Gasteiger partial charge is 0.398 e. The SMILES string of the molecule is CC.CC.Nc1cccc2c1CN(C1CCC(=O)NC1=O)C2=O. The van der Waals surface area contributed by atoms with E-state index in [4.69, 9.17) is 5.73 Å². The van der Waals surface area contributed by atoms with Crippen LogP contribution in [0.3, 0.4) is 0 Å². The maximum atomic E-state index is 12.3. The number of carbonyl (C=O) groups excluding carboxylic acids is 3. The summed E-state index contributed by atoms with van der Waals surface area (Å²) in [6.07, 6.45) is 0.621. The van der Waals surface area contributed by atoms with E-state index >= 15 is 0 Å². The van der Waals surface area contributed by atoms with E-state index in [1.54, 1.807) is 18.2 Å². The Kier molecular flexibility index (Phi) is 6.75. The molecular formula is C17H25N3O3. The normalized spacial score (nSPS) is 19.0. The van der Waals surface area contributed by atoms with Gasteiger partial charge in [0, 0.05) is 29.8 Å². The average molecular weight is 319 g/mol. The summed E-state index contributed by atoms with van der Waals surface area (Å²) in [5, 5.41) is 2.27. The van der Waals surface area contributed by atoms with Crippen molar-refractivity contribution >= 4 is 23.4 Å². The smallest absolute Gasteiger partial charge is 0.255 e. The molecule has 3 N–H and O–H groups in total. The van der Waals surface area contributed by atoms with E-state index in [-0.39, 0.29) is 18.2 Å². The molecule has 2 aliphatic heterocycles. The molecule has 23 heavy (non-hydrogen) atoms. The highest BCUT2D eigenvalue weighted by Crippen LogP contribution is 2.30. The fraction of sp³-hybridized carbons (Fsp3) is 0.471. The molecule has 3 amide bonds. The monoisotopic (exact) mass is 319 g/mol. The number of carbonyl (C=O) groups is 3. The van der Waals surface area contributed by atoms with Gasteiger partial charge in [0.1, 0.15) is 6.04 Å². The number of nitrogens with zero attached hydrogens (tertiary/aromatic N) is 1. The van der Waals surface area contributed by atoms with Gasteiger partial charge in [-0.15, -0.1) is 0 Å². The Labute approximate surface area is 137 Å². The van der Waals surface area contributed by atoms with Gasteiger partial charge in [-0.25, -0.2) is 0 Å². The van der Waals surface area contributed by atoms with Crippen LogP contribution in [0.4, 0.5) is 5.69 Å². The maximum absolute atomic E-state index is 12.3. The van der Waals surface area contributed by atoms with E-state index in [9.17, 15) is 14.4 Å². The first-order valence-electron chi connectivity index (χ1n) is 8.10. The minimum Gasteiger partial charge on any atom is -0.398 e. The van der Waals surface area contributed by atoms with Crippen molar-refractivity contribution in [2.24, 2.45) is 0 Å². The second kappa shape index (κ2) is 8.31. The predicted octanol–water partition coefficient (Wildman–Crippen LogP) is 2.08. The molecule has 1 aromatic rings. The third-order valence-corrected chi connectivity index (χ3v) is 3.62. The van der Waals surface area contributed by atoms with Crippen molar-refractivity contribution in [2.75, 3.05) is 5.73 Å². The van der Waals surface area contributed by atoms with Gasteiger partial charge in [0.05, 0.1) is 0 Å². The fourth-order valence-corrected chi connectivity index (χ4v) is 2.61. The van der Waals surface area contributed by atoms with Crippen LogP contribution >= 0.6 is 0 Å². The van der Waals surface area contributed by atoms with Crippen LogP contribution in [0.5, 0.6) is 0 Å². The van der Waals surface area contributed by atoms with Gasteiger partial charge in [0.15, 0.2) is 0 Å². The lowest BCUT2D eigenvalue weighted by Gasteiger charge is -2.29. The summed E-state index contributed by atoms with van der Waals surface area (Å²) >= 11 is 0. The number of rotatable bonds is 1. The van der Waals surface area contributed by atoms with Gasteiger partial charge in [0.2, 0.25) is 11.8 Å². The van der Waals surface area contributed by atoms with Crippen LogP contribution in [0, 0.1) is 0 Å². The number of piperidine rings is 1. The summed E-state index contributed by atoms with van der Waals surface area (Å²) in [5.74, 6) is -0.891. The third-order valence-electron chi connectivity index (χ3n) is 3.62. The molecule has 0 saturated carbocycles. The van der Waals surface area contributed by atoms with Crippen molar-refractivity contribution in [3.8, 4) is 0 Å². The zero-order chi connectivity index (χ0) is 17.6. The number of anilines is 1. The standard InChI is InChI=1S/C13H13N3O3.2C2H6/c14-9-3-1-2-7-8(9)6-16(13(7)19)10-4-5-11(17)15-12(10)18;2*1-2/h1-3,10H,4-6,14H2,(H,15,17,18);2*1-2H3. The summed E-state index contributed by atoms with van der Waals surface area (Å²) < 4.78 is 0. The van der Waals surface area contributed by atoms with Crippen LogP contribution in [-0.2, 0) is 16.1 Å². The zero-order valence-electron chi connectivity index (χ0n) is 14.2. The van der Waals surface area contributed by atoms with E-state index in [2.05, 4.69) is 5.32 Å². The number of nitrogens with two attached hydrogens (primary N) is 1. The lowest BCUT2D eigenvalue weighted by molar-refractivity contribution is -0.136. The molecule has 0 radical (unpaired) electrons. The Hall–Kier alpha value is -2.37. The number of hydrogen-bond donors (Lipinski definition) is 2. The van der Waals surface area contributed by atoms with Gasteiger partial charge in [-0.1, -0.05) is 33.8 Å². The number of fused-ring (bicyclic) bond motifs is 1. The average Bonchev–Trinajstić information content (AvgIpc) is 2.90. The molecular weight excluding hydrogens is 294 g/mol. The zero-order valence-corrected chi connectivity index (χ0v) is 14.2. The summed E-state index contributed by atoms with van der Waals surface area (Å²) in [4.78, 5) is 36.7. The lowest BCUT2D eigenvalue weighted by atomic mass is 10.0. The topological polar surface area (TPSA) is 92.5 Å². The van der Waals surface area contributed by atoms with Gasteiger partial charge in [-0.3, -0.25) is 19.7 Å². The van der Waals surface area contributed by atoms with Crippen molar-refractivity contribution in [1.82, 2.24) is 10.2 Å². The highest BCUT2D eigenvalue weighted by molar-refractivity contribution is 6.06. The van der Waals surface area contributed by atoms with Gasteiger partial charge >= 0.3 is 0 Å². The number of hydrogen-bond acceptors (Lipinski definition) is 4. The van der Waals surface area contributed by atoms with E-state index in [1.807, 2.05) is 27.7 Å². The van der Waals surface area contributed by atoms with Crippen LogP contribution in [0.2, 0.25) is 0 Å². The molecule has 3 rings (SSSR count). The van der Waals surface area contributed by atoms with Crippen molar-refractivity contribution in [2.45, 2.75) is 53.1 Å². The minimum absolute atomic E-state index is 0.197. The predicted molar refractivity (Wildman–Crippen MR) is 89.6 cm³/mol. The first kappa shape index (κ1) is 18.7. The molecule has 6 nitrogen and oxygen atoms in total. The number of amides is 3. The molecule has 1 saturated heterocycles. The van der Waals surface area contributed by atoms with Crippen LogP contribution in [0.1, 0.15) is 56.5 Å². The minimum atomic E-state index is -0.586. The van der Waals surface area contributed by atoms with Crippen molar-refractivity contribution in [3.05, 3.63) is 29.3 Å². The van der Waals surface area contributed by atoms with Gasteiger partial charge in [-0.05, 0) is 18.6 Å². The van der Waals surface area contributed by atoms with Crippen LogP contribution in [0.25, 0.3) is 0 Å². The second-order valence-electron chi connectivity index (χ2n) is 4.77. The summed E-state index contributed by atoms with van der Waals surface area (Å²) in [5.41, 5.74) is 7.71. The number of nitrogens with one attached hydrogen (secondary N) is 1. The molecule has 1 fully saturated rings. The Morgan fingerprint density at radius 2 is 1.78 bits per heavy atom. The summed E-state index contributed by atoms with van der Waals surface area (Å²) in [6, 6.07) is 4.58. The highest BCUT2D eigenvalue weighted by atomic mass is 16.2. The lowest BCUT2D eigenvalue weighted by Crippen LogP contribution is -2.52. The van der Waals surface area contributed by atoms with Crippen LogP contribution < -0.4 is 11.1 Å². The molecule has 126 valence electrons. The van der Waals surface area contributed by atoms with Gasteiger partial charge in [0.25, 0.3) is 5.91 Å². The van der Waals surface area contributed by atoms with Gasteiger partial charge in [-0.2, -0.15) is 0 Å². The van der Waals surface area contributed by atoms with E-state index in [0.29, 0.717) is 24.2 Å². The first-order chi connectivity index (χ1) is 11.1. The molecule has 0 aromatic heterocycles. The summed E-state index contributed by atoms with van der Waals surface area (Å²) in [7, 11) is 0. The number of nitrogen functional groups attached to an aromatic ring is 1.